The van der Waals surface area contributed by atoms with Gasteiger partial charge in [0.15, 0.2) is 11.5 Å². The van der Waals surface area contributed by atoms with Gasteiger partial charge in [-0.15, -0.1) is 0 Å². The molecule has 0 amide bonds. The average molecular weight is 743 g/mol. The highest BCUT2D eigenvalue weighted by Crippen LogP contribution is 2.46. The largest absolute Gasteiger partial charge is 0.490 e. The van der Waals surface area contributed by atoms with Gasteiger partial charge in [0.1, 0.15) is 0 Å². The number of fused-ring (bicyclic) bond motifs is 3. The SMILES string of the molecule is O=C(O)C(F)(F)F.O=C(O)C(F)(F)F.O=C(O)C(F)(F)F.c1ccc(CN2CC3(CCN(Cc4ccc5c(c4)OCO5)C3)c3ncccc32)nc1. The zero-order chi connectivity index (χ0) is 38.2. The summed E-state index contributed by atoms with van der Waals surface area (Å²) in [5, 5.41) is 21.4. The van der Waals surface area contributed by atoms with Crippen LogP contribution in [0.2, 0.25) is 0 Å². The quantitative estimate of drug-likeness (QED) is 0.298. The molecule has 0 saturated carbocycles. The lowest BCUT2D eigenvalue weighted by molar-refractivity contribution is -0.193. The summed E-state index contributed by atoms with van der Waals surface area (Å²) >= 11 is 0. The molecule has 5 heterocycles. The van der Waals surface area contributed by atoms with Gasteiger partial charge in [0, 0.05) is 37.4 Å². The molecule has 2 aromatic heterocycles. The first-order valence-corrected chi connectivity index (χ1v) is 14.2. The standard InChI is InChI=1S/C24H24N4O2.3C2HF3O2/c1-2-9-25-19(4-1)14-28-16-24(23-20(28)5-3-10-26-23)8-11-27(15-24)13-18-6-7-21-22(12-18)30-17-29-21;3*3-2(4,5)1(6)7/h1-7,9-10,12H,8,11,13-17H2;3*(H,6,7). The fourth-order valence-corrected chi connectivity index (χ4v) is 5.13. The molecular weight excluding hydrogens is 715 g/mol. The number of pyridine rings is 2. The van der Waals surface area contributed by atoms with E-state index in [2.05, 4.69) is 45.1 Å². The minimum absolute atomic E-state index is 0.0850. The number of carboxylic acid groups (broad SMARTS) is 3. The normalized spacial score (nSPS) is 17.6. The van der Waals surface area contributed by atoms with Crippen LogP contribution in [0.1, 0.15) is 23.4 Å². The second-order valence-corrected chi connectivity index (χ2v) is 10.9. The molecule has 51 heavy (non-hydrogen) atoms. The van der Waals surface area contributed by atoms with Gasteiger partial charge in [0.25, 0.3) is 0 Å². The average Bonchev–Trinajstić information content (AvgIpc) is 3.75. The first-order valence-electron chi connectivity index (χ1n) is 14.2. The molecule has 1 saturated heterocycles. The number of benzene rings is 1. The van der Waals surface area contributed by atoms with Crippen LogP contribution in [0, 0.1) is 0 Å². The van der Waals surface area contributed by atoms with Crippen molar-refractivity contribution < 1.29 is 78.7 Å². The van der Waals surface area contributed by atoms with E-state index in [1.165, 1.54) is 16.9 Å². The lowest BCUT2D eigenvalue weighted by Gasteiger charge is -2.26. The number of likely N-dealkylation sites (tertiary alicyclic amines) is 1. The maximum atomic E-state index is 10.6. The zero-order valence-corrected chi connectivity index (χ0v) is 25.8. The summed E-state index contributed by atoms with van der Waals surface area (Å²) in [7, 11) is 0. The fraction of sp³-hybridized carbons (Fsp3) is 0.367. The van der Waals surface area contributed by atoms with Crippen molar-refractivity contribution in [1.29, 1.82) is 0 Å². The topological polar surface area (TPSA) is 163 Å². The number of hydrogen-bond donors (Lipinski definition) is 3. The highest BCUT2D eigenvalue weighted by molar-refractivity contribution is 5.73. The van der Waals surface area contributed by atoms with E-state index >= 15 is 0 Å². The number of nitrogens with zero attached hydrogens (tertiary/aromatic N) is 4. The van der Waals surface area contributed by atoms with Gasteiger partial charge in [-0.25, -0.2) is 14.4 Å². The summed E-state index contributed by atoms with van der Waals surface area (Å²) in [5.41, 5.74) is 4.95. The van der Waals surface area contributed by atoms with E-state index in [1.807, 2.05) is 30.6 Å². The van der Waals surface area contributed by atoms with Gasteiger partial charge in [-0.2, -0.15) is 39.5 Å². The smallest absolute Gasteiger partial charge is 0.475 e. The highest BCUT2D eigenvalue weighted by Gasteiger charge is 2.48. The van der Waals surface area contributed by atoms with Crippen LogP contribution in [0.25, 0.3) is 0 Å². The van der Waals surface area contributed by atoms with Gasteiger partial charge >= 0.3 is 36.4 Å². The molecule has 1 spiro atoms. The lowest BCUT2D eigenvalue weighted by Crippen LogP contribution is -2.36. The van der Waals surface area contributed by atoms with Crippen molar-refractivity contribution in [3.63, 3.8) is 0 Å². The first-order chi connectivity index (χ1) is 23.6. The summed E-state index contributed by atoms with van der Waals surface area (Å²) < 4.78 is 106. The van der Waals surface area contributed by atoms with E-state index in [9.17, 15) is 39.5 Å². The van der Waals surface area contributed by atoms with Crippen LogP contribution in [0.5, 0.6) is 11.5 Å². The van der Waals surface area contributed by atoms with Crippen molar-refractivity contribution in [1.82, 2.24) is 14.9 Å². The molecule has 3 aliphatic heterocycles. The number of rotatable bonds is 4. The van der Waals surface area contributed by atoms with Gasteiger partial charge in [0.05, 0.1) is 23.6 Å². The van der Waals surface area contributed by atoms with Crippen LogP contribution in [-0.2, 0) is 32.9 Å². The number of ether oxygens (including phenoxy) is 2. The Morgan fingerprint density at radius 2 is 1.29 bits per heavy atom. The minimum atomic E-state index is -5.08. The number of carboxylic acids is 3. The molecule has 6 rings (SSSR count). The van der Waals surface area contributed by atoms with Crippen LogP contribution in [0.15, 0.2) is 60.9 Å². The molecule has 12 nitrogen and oxygen atoms in total. The number of hydrogen-bond acceptors (Lipinski definition) is 9. The Kier molecular flexibility index (Phi) is 12.7. The van der Waals surface area contributed by atoms with E-state index in [0.717, 1.165) is 56.3 Å². The number of halogens is 9. The Hall–Kier alpha value is -5.34. The molecule has 278 valence electrons. The Balaban J connectivity index is 0.000000275. The lowest BCUT2D eigenvalue weighted by atomic mass is 9.85. The molecule has 1 aromatic carbocycles. The van der Waals surface area contributed by atoms with Crippen molar-refractivity contribution in [2.45, 2.75) is 43.5 Å². The molecule has 3 aliphatic rings. The first kappa shape index (κ1) is 40.1. The summed E-state index contributed by atoms with van der Waals surface area (Å²) in [6.45, 7) is 5.14. The minimum Gasteiger partial charge on any atom is -0.475 e. The molecular formula is C30H27F9N4O8. The van der Waals surface area contributed by atoms with E-state index < -0.39 is 36.4 Å². The van der Waals surface area contributed by atoms with Crippen molar-refractivity contribution in [3.8, 4) is 11.5 Å². The van der Waals surface area contributed by atoms with Crippen LogP contribution >= 0.6 is 0 Å². The summed E-state index contributed by atoms with van der Waals surface area (Å²) in [6, 6.07) is 16.7. The molecule has 0 radical (unpaired) electrons. The maximum absolute atomic E-state index is 10.6. The predicted octanol–water partition coefficient (Wildman–Crippen LogP) is 5.27. The maximum Gasteiger partial charge on any atom is 0.490 e. The van der Waals surface area contributed by atoms with E-state index in [1.54, 1.807) is 0 Å². The number of aliphatic carboxylic acids is 3. The molecule has 3 N–H and O–H groups in total. The third kappa shape index (κ3) is 11.3. The molecule has 1 unspecified atom stereocenters. The van der Waals surface area contributed by atoms with Crippen LogP contribution < -0.4 is 14.4 Å². The molecule has 1 fully saturated rings. The fourth-order valence-electron chi connectivity index (χ4n) is 5.13. The third-order valence-corrected chi connectivity index (χ3v) is 7.21. The second-order valence-electron chi connectivity index (χ2n) is 10.9. The Bertz CT molecular complexity index is 1620. The van der Waals surface area contributed by atoms with Gasteiger partial charge in [-0.3, -0.25) is 14.9 Å². The highest BCUT2D eigenvalue weighted by atomic mass is 19.4. The van der Waals surface area contributed by atoms with E-state index in [-0.39, 0.29) is 5.41 Å². The monoisotopic (exact) mass is 742 g/mol. The molecule has 1 atom stereocenters. The second kappa shape index (κ2) is 16.1. The Labute approximate surface area is 281 Å². The van der Waals surface area contributed by atoms with Gasteiger partial charge in [-0.1, -0.05) is 12.1 Å². The predicted molar refractivity (Wildman–Crippen MR) is 155 cm³/mol. The number of alkyl halides is 9. The number of carbonyl (C=O) groups is 3. The van der Waals surface area contributed by atoms with Crippen molar-refractivity contribution >= 4 is 23.6 Å². The van der Waals surface area contributed by atoms with Crippen LogP contribution in [0.3, 0.4) is 0 Å². The van der Waals surface area contributed by atoms with Gasteiger partial charge in [0.2, 0.25) is 6.79 Å². The van der Waals surface area contributed by atoms with Crippen molar-refractivity contribution in [3.05, 3.63) is 77.9 Å². The molecule has 0 bridgehead atoms. The third-order valence-electron chi connectivity index (χ3n) is 7.21. The van der Waals surface area contributed by atoms with E-state index in [0.29, 0.717) is 6.79 Å². The number of anilines is 1. The van der Waals surface area contributed by atoms with Crippen molar-refractivity contribution in [2.75, 3.05) is 31.3 Å². The van der Waals surface area contributed by atoms with Crippen LogP contribution in [-0.4, -0.2) is 93.1 Å². The number of aromatic nitrogens is 2. The van der Waals surface area contributed by atoms with Crippen LogP contribution in [0.4, 0.5) is 45.2 Å². The Morgan fingerprint density at radius 1 is 0.725 bits per heavy atom. The van der Waals surface area contributed by atoms with Gasteiger partial charge < -0.3 is 29.7 Å². The molecule has 3 aromatic rings. The summed E-state index contributed by atoms with van der Waals surface area (Å²) in [5.74, 6) is -6.57. The van der Waals surface area contributed by atoms with Crippen molar-refractivity contribution in [2.24, 2.45) is 0 Å². The van der Waals surface area contributed by atoms with E-state index in [4.69, 9.17) is 44.2 Å². The molecule has 0 aliphatic carbocycles. The zero-order valence-electron chi connectivity index (χ0n) is 25.8. The summed E-state index contributed by atoms with van der Waals surface area (Å²) in [6.07, 6.45) is -10.3. The van der Waals surface area contributed by atoms with Gasteiger partial charge in [-0.05, 0) is 54.9 Å². The molecule has 21 heteroatoms. The Morgan fingerprint density at radius 3 is 1.84 bits per heavy atom. The summed E-state index contributed by atoms with van der Waals surface area (Å²) in [4.78, 5) is 41.1.